The Balaban J connectivity index is 1.84. The first-order valence-corrected chi connectivity index (χ1v) is 9.09. The minimum atomic E-state index is -4.68. The standard InChI is InChI=1S/C20H15ClF5N3O/c1-11(12-5-6-16(22)17(23)7-12)19(30)27-10-15-9-18(20(24,25)26)28-29(15)14-4-2-3-13(21)8-14/h2-9,11H,10H2,1H3,(H,27,30). The molecule has 0 fully saturated rings. The Kier molecular flexibility index (Phi) is 6.12. The number of hydrogen-bond acceptors (Lipinski definition) is 2. The second-order valence-corrected chi connectivity index (χ2v) is 6.96. The van der Waals surface area contributed by atoms with E-state index in [4.69, 9.17) is 11.6 Å². The van der Waals surface area contributed by atoms with Crippen LogP contribution in [0.4, 0.5) is 22.0 Å². The topological polar surface area (TPSA) is 46.9 Å². The fourth-order valence-electron chi connectivity index (χ4n) is 2.78. The zero-order valence-corrected chi connectivity index (χ0v) is 16.2. The van der Waals surface area contributed by atoms with Gasteiger partial charge >= 0.3 is 6.18 Å². The molecule has 1 atom stereocenters. The lowest BCUT2D eigenvalue weighted by Crippen LogP contribution is -2.28. The summed E-state index contributed by atoms with van der Waals surface area (Å²) in [5.74, 6) is -3.57. The van der Waals surface area contributed by atoms with Crippen LogP contribution in [0, 0.1) is 11.6 Å². The lowest BCUT2D eigenvalue weighted by Gasteiger charge is -2.14. The molecule has 0 aliphatic rings. The Hall–Kier alpha value is -2.94. The van der Waals surface area contributed by atoms with Crippen molar-refractivity contribution in [2.45, 2.75) is 25.6 Å². The Morgan fingerprint density at radius 2 is 1.87 bits per heavy atom. The molecule has 2 aromatic carbocycles. The summed E-state index contributed by atoms with van der Waals surface area (Å²) in [5.41, 5.74) is -0.544. The van der Waals surface area contributed by atoms with Crippen LogP contribution in [0.25, 0.3) is 5.69 Å². The van der Waals surface area contributed by atoms with Crippen molar-refractivity contribution < 1.29 is 26.7 Å². The fraction of sp³-hybridized carbons (Fsp3) is 0.200. The third-order valence-corrected chi connectivity index (χ3v) is 4.64. The van der Waals surface area contributed by atoms with E-state index in [1.54, 1.807) is 12.1 Å². The molecule has 10 heteroatoms. The molecule has 4 nitrogen and oxygen atoms in total. The lowest BCUT2D eigenvalue weighted by molar-refractivity contribution is -0.141. The largest absolute Gasteiger partial charge is 0.435 e. The summed E-state index contributed by atoms with van der Waals surface area (Å²) in [4.78, 5) is 12.4. The van der Waals surface area contributed by atoms with Gasteiger partial charge in [0, 0.05) is 5.02 Å². The van der Waals surface area contributed by atoms with E-state index >= 15 is 0 Å². The second kappa shape index (κ2) is 8.43. The van der Waals surface area contributed by atoms with E-state index in [2.05, 4.69) is 10.4 Å². The number of hydrogen-bond donors (Lipinski definition) is 1. The van der Waals surface area contributed by atoms with Crippen LogP contribution in [0.5, 0.6) is 0 Å². The number of amides is 1. The van der Waals surface area contributed by atoms with Crippen LogP contribution in [0.1, 0.15) is 29.8 Å². The maximum Gasteiger partial charge on any atom is 0.435 e. The van der Waals surface area contributed by atoms with Gasteiger partial charge in [-0.2, -0.15) is 18.3 Å². The molecule has 0 saturated heterocycles. The highest BCUT2D eigenvalue weighted by Gasteiger charge is 2.35. The highest BCUT2D eigenvalue weighted by atomic mass is 35.5. The summed E-state index contributed by atoms with van der Waals surface area (Å²) < 4.78 is 66.9. The number of nitrogens with one attached hydrogen (secondary N) is 1. The Labute approximate surface area is 173 Å². The predicted octanol–water partition coefficient (Wildman–Crippen LogP) is 5.24. The number of nitrogens with zero attached hydrogens (tertiary/aromatic N) is 2. The van der Waals surface area contributed by atoms with Gasteiger partial charge in [-0.05, 0) is 48.9 Å². The van der Waals surface area contributed by atoms with Gasteiger partial charge in [0.15, 0.2) is 17.3 Å². The molecule has 1 amide bonds. The van der Waals surface area contributed by atoms with Crippen LogP contribution in [-0.4, -0.2) is 15.7 Å². The molecule has 30 heavy (non-hydrogen) atoms. The summed E-state index contributed by atoms with van der Waals surface area (Å²) in [6.07, 6.45) is -4.68. The number of carbonyl (C=O) groups is 1. The van der Waals surface area contributed by atoms with Gasteiger partial charge in [-0.25, -0.2) is 13.5 Å². The SMILES string of the molecule is CC(C(=O)NCc1cc(C(F)(F)F)nn1-c1cccc(Cl)c1)c1ccc(F)c(F)c1. The first-order valence-electron chi connectivity index (χ1n) is 8.71. The molecule has 1 aromatic heterocycles. The van der Waals surface area contributed by atoms with E-state index in [0.717, 1.165) is 22.9 Å². The van der Waals surface area contributed by atoms with Gasteiger partial charge in [-0.3, -0.25) is 4.79 Å². The van der Waals surface area contributed by atoms with Crippen molar-refractivity contribution >= 4 is 17.5 Å². The zero-order chi connectivity index (χ0) is 22.1. The van der Waals surface area contributed by atoms with E-state index in [1.165, 1.54) is 25.1 Å². The molecule has 158 valence electrons. The molecule has 1 N–H and O–H groups in total. The average molecular weight is 444 g/mol. The average Bonchev–Trinajstić information content (AvgIpc) is 3.12. The van der Waals surface area contributed by atoms with Crippen LogP contribution >= 0.6 is 11.6 Å². The molecule has 1 unspecified atom stereocenters. The highest BCUT2D eigenvalue weighted by molar-refractivity contribution is 6.30. The minimum Gasteiger partial charge on any atom is -0.350 e. The van der Waals surface area contributed by atoms with E-state index < -0.39 is 35.3 Å². The van der Waals surface area contributed by atoms with Crippen molar-refractivity contribution in [2.24, 2.45) is 0 Å². The zero-order valence-electron chi connectivity index (χ0n) is 15.5. The number of carbonyl (C=O) groups excluding carboxylic acids is 1. The van der Waals surface area contributed by atoms with Crippen molar-refractivity contribution in [1.82, 2.24) is 15.1 Å². The van der Waals surface area contributed by atoms with Crippen molar-refractivity contribution in [2.75, 3.05) is 0 Å². The Morgan fingerprint density at radius 3 is 2.50 bits per heavy atom. The molecule has 0 radical (unpaired) electrons. The van der Waals surface area contributed by atoms with Gasteiger partial charge < -0.3 is 5.32 Å². The monoisotopic (exact) mass is 443 g/mol. The number of benzene rings is 2. The number of alkyl halides is 3. The van der Waals surface area contributed by atoms with Crippen molar-refractivity contribution in [3.05, 3.63) is 82.1 Å². The maximum absolute atomic E-state index is 13.4. The van der Waals surface area contributed by atoms with Crippen LogP contribution in [0.2, 0.25) is 5.02 Å². The second-order valence-electron chi connectivity index (χ2n) is 6.52. The molecule has 0 aliphatic carbocycles. The van der Waals surface area contributed by atoms with Gasteiger partial charge in [0.05, 0.1) is 23.8 Å². The molecular formula is C20H15ClF5N3O. The van der Waals surface area contributed by atoms with Crippen LogP contribution < -0.4 is 5.32 Å². The summed E-state index contributed by atoms with van der Waals surface area (Å²) in [7, 11) is 0. The van der Waals surface area contributed by atoms with Crippen LogP contribution in [0.3, 0.4) is 0 Å². The molecule has 0 spiro atoms. The minimum absolute atomic E-state index is 0.0652. The third-order valence-electron chi connectivity index (χ3n) is 4.41. The first-order chi connectivity index (χ1) is 14.1. The molecule has 0 saturated carbocycles. The predicted molar refractivity (Wildman–Crippen MR) is 100 cm³/mol. The highest BCUT2D eigenvalue weighted by Crippen LogP contribution is 2.30. The molecular weight excluding hydrogens is 429 g/mol. The smallest absolute Gasteiger partial charge is 0.350 e. The van der Waals surface area contributed by atoms with E-state index in [1.807, 2.05) is 0 Å². The molecule has 3 aromatic rings. The van der Waals surface area contributed by atoms with Gasteiger partial charge in [-0.15, -0.1) is 0 Å². The summed E-state index contributed by atoms with van der Waals surface area (Å²) >= 11 is 5.91. The lowest BCUT2D eigenvalue weighted by atomic mass is 10.00. The van der Waals surface area contributed by atoms with Gasteiger partial charge in [-0.1, -0.05) is 23.7 Å². The summed E-state index contributed by atoms with van der Waals surface area (Å²) in [6, 6.07) is 9.96. The third kappa shape index (κ3) is 4.79. The summed E-state index contributed by atoms with van der Waals surface area (Å²) in [5, 5.41) is 6.39. The van der Waals surface area contributed by atoms with Crippen LogP contribution in [0.15, 0.2) is 48.5 Å². The quantitative estimate of drug-likeness (QED) is 0.548. The van der Waals surface area contributed by atoms with E-state index in [9.17, 15) is 26.7 Å². The fourth-order valence-corrected chi connectivity index (χ4v) is 2.96. The van der Waals surface area contributed by atoms with Crippen molar-refractivity contribution in [3.8, 4) is 5.69 Å². The maximum atomic E-state index is 13.4. The Bertz CT molecular complexity index is 1080. The molecule has 0 bridgehead atoms. The normalized spacial score (nSPS) is 12.6. The first kappa shape index (κ1) is 21.8. The number of aromatic nitrogens is 2. The van der Waals surface area contributed by atoms with Crippen molar-refractivity contribution in [3.63, 3.8) is 0 Å². The summed E-state index contributed by atoms with van der Waals surface area (Å²) in [6.45, 7) is 1.19. The molecule has 3 rings (SSSR count). The number of halogens is 6. The van der Waals surface area contributed by atoms with E-state index in [-0.39, 0.29) is 23.5 Å². The Morgan fingerprint density at radius 1 is 1.13 bits per heavy atom. The van der Waals surface area contributed by atoms with E-state index in [0.29, 0.717) is 5.02 Å². The van der Waals surface area contributed by atoms with Gasteiger partial charge in [0.25, 0.3) is 0 Å². The number of rotatable bonds is 5. The van der Waals surface area contributed by atoms with Crippen molar-refractivity contribution in [1.29, 1.82) is 0 Å². The molecule has 0 aliphatic heterocycles. The van der Waals surface area contributed by atoms with Gasteiger partial charge in [0.2, 0.25) is 5.91 Å². The van der Waals surface area contributed by atoms with Gasteiger partial charge in [0.1, 0.15) is 0 Å². The molecule has 1 heterocycles. The van der Waals surface area contributed by atoms with Crippen LogP contribution in [-0.2, 0) is 17.5 Å².